The molecule has 8 nitrogen and oxygen atoms in total. The Kier molecular flexibility index (Phi) is 4.11. The van der Waals surface area contributed by atoms with E-state index in [1.54, 1.807) is 7.11 Å². The van der Waals surface area contributed by atoms with Gasteiger partial charge in [0.1, 0.15) is 4.90 Å². The molecule has 1 fully saturated rings. The van der Waals surface area contributed by atoms with Crippen LogP contribution in [0.3, 0.4) is 0 Å². The maximum Gasteiger partial charge on any atom is 0.357 e. The predicted octanol–water partition coefficient (Wildman–Crippen LogP) is 0.0733. The number of rotatable bonds is 5. The molecular formula is C11H17N3O5S. The lowest BCUT2D eigenvalue weighted by Crippen LogP contribution is -2.30. The molecule has 0 radical (unpaired) electrons. The number of hydrogen-bond donors (Lipinski definition) is 2. The number of aromatic nitrogens is 2. The highest BCUT2D eigenvalue weighted by Gasteiger charge is 2.37. The Morgan fingerprint density at radius 3 is 2.90 bits per heavy atom. The molecule has 2 heterocycles. The Bertz CT molecular complexity index is 610. The van der Waals surface area contributed by atoms with Gasteiger partial charge in [0.15, 0.2) is 5.69 Å². The Morgan fingerprint density at radius 1 is 1.60 bits per heavy atom. The zero-order valence-electron chi connectivity index (χ0n) is 11.3. The number of aromatic carboxylic acids is 1. The second-order valence-corrected chi connectivity index (χ2v) is 6.68. The maximum atomic E-state index is 12.6. The number of nitrogens with zero attached hydrogens (tertiary/aromatic N) is 2. The molecule has 1 aromatic rings. The molecule has 0 aromatic carbocycles. The van der Waals surface area contributed by atoms with Crippen LogP contribution in [0.25, 0.3) is 0 Å². The van der Waals surface area contributed by atoms with E-state index in [0.29, 0.717) is 26.1 Å². The normalized spacial score (nSPS) is 20.4. The van der Waals surface area contributed by atoms with Crippen LogP contribution in [-0.4, -0.2) is 60.8 Å². The summed E-state index contributed by atoms with van der Waals surface area (Å²) in [5.74, 6) is -1.23. The fourth-order valence-electron chi connectivity index (χ4n) is 2.40. The van der Waals surface area contributed by atoms with E-state index in [4.69, 9.17) is 9.84 Å². The summed E-state index contributed by atoms with van der Waals surface area (Å²) in [6.07, 6.45) is 0.701. The number of hydrogen-bond acceptors (Lipinski definition) is 5. The maximum absolute atomic E-state index is 12.6. The first kappa shape index (κ1) is 14.9. The number of carboxylic acids is 1. The van der Waals surface area contributed by atoms with Crippen molar-refractivity contribution < 1.29 is 23.1 Å². The standard InChI is InChI=1S/C11H17N3O5S/c1-7-10(9(11(15)16)13-12-7)20(17,18)14-4-3-8(5-14)6-19-2/h8H,3-6H2,1-2H3,(H,12,13)(H,15,16). The predicted molar refractivity (Wildman–Crippen MR) is 69.0 cm³/mol. The van der Waals surface area contributed by atoms with Crippen LogP contribution in [0.15, 0.2) is 4.90 Å². The van der Waals surface area contributed by atoms with Crippen molar-refractivity contribution in [2.24, 2.45) is 5.92 Å². The average Bonchev–Trinajstić information content (AvgIpc) is 2.96. The lowest BCUT2D eigenvalue weighted by atomic mass is 10.1. The second-order valence-electron chi connectivity index (χ2n) is 4.80. The SMILES string of the molecule is COCC1CCN(S(=O)(=O)c2c(C(=O)O)n[nH]c2C)C1. The minimum atomic E-state index is -3.85. The molecule has 0 aliphatic carbocycles. The molecule has 9 heteroatoms. The third kappa shape index (κ3) is 2.56. The van der Waals surface area contributed by atoms with Crippen molar-refractivity contribution in [2.75, 3.05) is 26.8 Å². The van der Waals surface area contributed by atoms with Gasteiger partial charge in [-0.05, 0) is 19.3 Å². The van der Waals surface area contributed by atoms with Crippen LogP contribution in [0, 0.1) is 12.8 Å². The zero-order valence-corrected chi connectivity index (χ0v) is 12.1. The number of sulfonamides is 1. The fraction of sp³-hybridized carbons (Fsp3) is 0.636. The van der Waals surface area contributed by atoms with E-state index in [1.165, 1.54) is 11.2 Å². The monoisotopic (exact) mass is 303 g/mol. The van der Waals surface area contributed by atoms with Crippen molar-refractivity contribution in [2.45, 2.75) is 18.2 Å². The van der Waals surface area contributed by atoms with Gasteiger partial charge < -0.3 is 9.84 Å². The van der Waals surface area contributed by atoms with Gasteiger partial charge in [0.25, 0.3) is 0 Å². The Labute approximate surface area is 116 Å². The smallest absolute Gasteiger partial charge is 0.357 e. The highest BCUT2D eigenvalue weighted by atomic mass is 32.2. The summed E-state index contributed by atoms with van der Waals surface area (Å²) in [7, 11) is -2.28. The number of carbonyl (C=O) groups is 1. The van der Waals surface area contributed by atoms with E-state index in [1.807, 2.05) is 0 Å². The van der Waals surface area contributed by atoms with Crippen LogP contribution >= 0.6 is 0 Å². The molecule has 1 saturated heterocycles. The lowest BCUT2D eigenvalue weighted by Gasteiger charge is -2.16. The molecule has 1 aromatic heterocycles. The third-order valence-electron chi connectivity index (χ3n) is 3.34. The summed E-state index contributed by atoms with van der Waals surface area (Å²) in [5, 5.41) is 15.0. The summed E-state index contributed by atoms with van der Waals surface area (Å²) >= 11 is 0. The summed E-state index contributed by atoms with van der Waals surface area (Å²) in [6, 6.07) is 0. The molecule has 0 spiro atoms. The van der Waals surface area contributed by atoms with Gasteiger partial charge in [-0.2, -0.15) is 9.40 Å². The zero-order chi connectivity index (χ0) is 14.9. The average molecular weight is 303 g/mol. The van der Waals surface area contributed by atoms with E-state index in [-0.39, 0.29) is 16.5 Å². The summed E-state index contributed by atoms with van der Waals surface area (Å²) in [5.41, 5.74) is -0.227. The minimum Gasteiger partial charge on any atom is -0.476 e. The van der Waals surface area contributed by atoms with Crippen molar-refractivity contribution in [1.82, 2.24) is 14.5 Å². The molecule has 20 heavy (non-hydrogen) atoms. The number of methoxy groups -OCH3 is 1. The van der Waals surface area contributed by atoms with Crippen molar-refractivity contribution in [3.8, 4) is 0 Å². The van der Waals surface area contributed by atoms with Gasteiger partial charge in [-0.15, -0.1) is 0 Å². The number of nitrogens with one attached hydrogen (secondary N) is 1. The van der Waals surface area contributed by atoms with Gasteiger partial charge in [-0.1, -0.05) is 0 Å². The summed E-state index contributed by atoms with van der Waals surface area (Å²) < 4.78 is 31.4. The number of ether oxygens (including phenoxy) is 1. The number of aryl methyl sites for hydroxylation is 1. The first-order valence-corrected chi connectivity index (χ1v) is 7.59. The molecule has 1 aliphatic rings. The van der Waals surface area contributed by atoms with Gasteiger partial charge in [0.05, 0.1) is 12.3 Å². The Morgan fingerprint density at radius 2 is 2.30 bits per heavy atom. The molecule has 1 aliphatic heterocycles. The first-order chi connectivity index (χ1) is 9.37. The topological polar surface area (TPSA) is 113 Å². The number of H-pyrrole nitrogens is 1. The molecule has 2 N–H and O–H groups in total. The second kappa shape index (κ2) is 5.51. The molecule has 2 rings (SSSR count). The van der Waals surface area contributed by atoms with Crippen LogP contribution in [0.1, 0.15) is 22.6 Å². The fourth-order valence-corrected chi connectivity index (χ4v) is 4.22. The van der Waals surface area contributed by atoms with Crippen LogP contribution in [0.2, 0.25) is 0 Å². The van der Waals surface area contributed by atoms with Crippen molar-refractivity contribution in [3.05, 3.63) is 11.4 Å². The van der Waals surface area contributed by atoms with E-state index in [9.17, 15) is 13.2 Å². The van der Waals surface area contributed by atoms with Gasteiger partial charge in [-0.25, -0.2) is 13.2 Å². The van der Waals surface area contributed by atoms with Crippen LogP contribution < -0.4 is 0 Å². The van der Waals surface area contributed by atoms with Crippen LogP contribution in [0.5, 0.6) is 0 Å². The molecular weight excluding hydrogens is 286 g/mol. The van der Waals surface area contributed by atoms with E-state index in [0.717, 1.165) is 0 Å². The highest BCUT2D eigenvalue weighted by Crippen LogP contribution is 2.27. The van der Waals surface area contributed by atoms with Gasteiger partial charge in [-0.3, -0.25) is 5.10 Å². The van der Waals surface area contributed by atoms with Gasteiger partial charge >= 0.3 is 5.97 Å². The molecule has 0 saturated carbocycles. The minimum absolute atomic E-state index is 0.135. The van der Waals surface area contributed by atoms with Gasteiger partial charge in [0, 0.05) is 20.2 Å². The van der Waals surface area contributed by atoms with Crippen LogP contribution in [-0.2, 0) is 14.8 Å². The Hall–Kier alpha value is -1.45. The number of aromatic amines is 1. The largest absolute Gasteiger partial charge is 0.476 e. The molecule has 1 unspecified atom stereocenters. The van der Waals surface area contributed by atoms with E-state index >= 15 is 0 Å². The van der Waals surface area contributed by atoms with Crippen molar-refractivity contribution >= 4 is 16.0 Å². The lowest BCUT2D eigenvalue weighted by molar-refractivity contribution is 0.0686. The molecule has 1 atom stereocenters. The molecule has 112 valence electrons. The number of carboxylic acid groups (broad SMARTS) is 1. The quantitative estimate of drug-likeness (QED) is 0.796. The summed E-state index contributed by atoms with van der Waals surface area (Å²) in [6.45, 7) is 2.68. The highest BCUT2D eigenvalue weighted by molar-refractivity contribution is 7.89. The van der Waals surface area contributed by atoms with Crippen LogP contribution in [0.4, 0.5) is 0 Å². The van der Waals surface area contributed by atoms with Gasteiger partial charge in [0.2, 0.25) is 10.0 Å². The van der Waals surface area contributed by atoms with Crippen molar-refractivity contribution in [3.63, 3.8) is 0 Å². The third-order valence-corrected chi connectivity index (χ3v) is 5.37. The van der Waals surface area contributed by atoms with E-state index < -0.39 is 21.7 Å². The Balaban J connectivity index is 2.32. The molecule has 0 amide bonds. The first-order valence-electron chi connectivity index (χ1n) is 6.15. The molecule has 0 bridgehead atoms. The van der Waals surface area contributed by atoms with Crippen molar-refractivity contribution in [1.29, 1.82) is 0 Å². The van der Waals surface area contributed by atoms with E-state index in [2.05, 4.69) is 10.2 Å². The summed E-state index contributed by atoms with van der Waals surface area (Å²) in [4.78, 5) is 10.8.